The molecule has 0 spiro atoms. The van der Waals surface area contributed by atoms with E-state index in [0.717, 1.165) is 23.7 Å². The van der Waals surface area contributed by atoms with E-state index < -0.39 is 0 Å². The molecule has 2 rings (SSSR count). The Morgan fingerprint density at radius 3 is 1.73 bits per heavy atom. The van der Waals surface area contributed by atoms with Crippen LogP contribution in [0.5, 0.6) is 0 Å². The van der Waals surface area contributed by atoms with Gasteiger partial charge in [0.05, 0.1) is 0 Å². The Labute approximate surface area is 95.8 Å². The van der Waals surface area contributed by atoms with Gasteiger partial charge in [-0.3, -0.25) is 0 Å². The summed E-state index contributed by atoms with van der Waals surface area (Å²) in [5, 5.41) is 0. The maximum Gasteiger partial charge on any atom is -0.0386 e. The van der Waals surface area contributed by atoms with Gasteiger partial charge in [0.25, 0.3) is 0 Å². The molecule has 0 amide bonds. The summed E-state index contributed by atoms with van der Waals surface area (Å²) in [4.78, 5) is 0. The quantitative estimate of drug-likeness (QED) is 0.597. The second kappa shape index (κ2) is 5.37. The molecule has 88 valence electrons. The highest BCUT2D eigenvalue weighted by Gasteiger charge is 2.29. The Hall–Kier alpha value is 0. The van der Waals surface area contributed by atoms with Crippen molar-refractivity contribution in [1.29, 1.82) is 0 Å². The lowest BCUT2D eigenvalue weighted by Crippen LogP contribution is -2.25. The third-order valence-electron chi connectivity index (χ3n) is 5.08. The van der Waals surface area contributed by atoms with Gasteiger partial charge in [0.2, 0.25) is 0 Å². The Morgan fingerprint density at radius 1 is 0.667 bits per heavy atom. The van der Waals surface area contributed by atoms with E-state index in [2.05, 4.69) is 13.8 Å². The molecule has 0 atom stereocenters. The van der Waals surface area contributed by atoms with Gasteiger partial charge in [0.1, 0.15) is 0 Å². The van der Waals surface area contributed by atoms with E-state index in [4.69, 9.17) is 0 Å². The summed E-state index contributed by atoms with van der Waals surface area (Å²) >= 11 is 0. The van der Waals surface area contributed by atoms with Crippen molar-refractivity contribution in [2.75, 3.05) is 0 Å². The fraction of sp³-hybridized carbons (Fsp3) is 1.00. The maximum absolute atomic E-state index is 2.41. The van der Waals surface area contributed by atoms with Crippen LogP contribution in [0.2, 0.25) is 0 Å². The lowest BCUT2D eigenvalue weighted by molar-refractivity contribution is 0.148. The average molecular weight is 208 g/mol. The van der Waals surface area contributed by atoms with Gasteiger partial charge in [-0.1, -0.05) is 46.0 Å². The van der Waals surface area contributed by atoms with Crippen LogP contribution in [-0.2, 0) is 0 Å². The molecule has 2 aliphatic rings. The molecule has 0 N–H and O–H groups in total. The van der Waals surface area contributed by atoms with Crippen molar-refractivity contribution in [2.45, 2.75) is 71.6 Å². The smallest absolute Gasteiger partial charge is 0.0386 e. The summed E-state index contributed by atoms with van der Waals surface area (Å²) < 4.78 is 0. The lowest BCUT2D eigenvalue weighted by Gasteiger charge is -2.37. The fourth-order valence-corrected chi connectivity index (χ4v) is 3.89. The highest BCUT2D eigenvalue weighted by molar-refractivity contribution is 4.80. The zero-order valence-electron chi connectivity index (χ0n) is 10.7. The second-order valence-corrected chi connectivity index (χ2v) is 6.32. The molecule has 2 saturated carbocycles. The van der Waals surface area contributed by atoms with Crippen LogP contribution >= 0.6 is 0 Å². The van der Waals surface area contributed by atoms with Gasteiger partial charge in [-0.25, -0.2) is 0 Å². The number of hydrogen-bond acceptors (Lipinski definition) is 0. The van der Waals surface area contributed by atoms with Crippen LogP contribution in [0.15, 0.2) is 0 Å². The van der Waals surface area contributed by atoms with E-state index in [0.29, 0.717) is 0 Å². The highest BCUT2D eigenvalue weighted by Crippen LogP contribution is 2.41. The molecule has 0 aromatic rings. The summed E-state index contributed by atoms with van der Waals surface area (Å²) in [6.07, 6.45) is 13.8. The minimum atomic E-state index is 0.928. The number of hydrogen-bond donors (Lipinski definition) is 0. The molecule has 0 heterocycles. The summed E-state index contributed by atoms with van der Waals surface area (Å²) in [5.41, 5.74) is 0. The van der Waals surface area contributed by atoms with Crippen molar-refractivity contribution < 1.29 is 0 Å². The average Bonchev–Trinajstić information content (AvgIpc) is 2.30. The van der Waals surface area contributed by atoms with Crippen LogP contribution in [0, 0.1) is 23.7 Å². The standard InChI is InChI=1S/C15H28/c1-12(2)13-8-10-15(11-9-13)14-6-4-3-5-7-14/h12-15H,3-11H2,1-2H3/t13-,15-. The highest BCUT2D eigenvalue weighted by atomic mass is 14.3. The molecule has 0 saturated heterocycles. The molecular weight excluding hydrogens is 180 g/mol. The van der Waals surface area contributed by atoms with Gasteiger partial charge in [0, 0.05) is 0 Å². The van der Waals surface area contributed by atoms with Crippen molar-refractivity contribution in [1.82, 2.24) is 0 Å². The monoisotopic (exact) mass is 208 g/mol. The van der Waals surface area contributed by atoms with Crippen molar-refractivity contribution in [2.24, 2.45) is 23.7 Å². The molecule has 0 radical (unpaired) electrons. The first-order valence-corrected chi connectivity index (χ1v) is 7.27. The summed E-state index contributed by atoms with van der Waals surface area (Å²) in [6.45, 7) is 4.82. The zero-order valence-corrected chi connectivity index (χ0v) is 10.7. The van der Waals surface area contributed by atoms with Crippen LogP contribution < -0.4 is 0 Å². The predicted molar refractivity (Wildman–Crippen MR) is 66.9 cm³/mol. The first-order valence-electron chi connectivity index (χ1n) is 7.27. The number of rotatable bonds is 2. The van der Waals surface area contributed by atoms with Gasteiger partial charge < -0.3 is 0 Å². The molecule has 0 nitrogen and oxygen atoms in total. The molecule has 0 aromatic carbocycles. The molecule has 0 bridgehead atoms. The third kappa shape index (κ3) is 2.98. The molecule has 2 aliphatic carbocycles. The predicted octanol–water partition coefficient (Wildman–Crippen LogP) is 5.03. The van der Waals surface area contributed by atoms with Crippen LogP contribution in [0.4, 0.5) is 0 Å². The molecule has 0 aromatic heterocycles. The first kappa shape index (κ1) is 11.5. The van der Waals surface area contributed by atoms with Crippen LogP contribution in [-0.4, -0.2) is 0 Å². The van der Waals surface area contributed by atoms with Crippen molar-refractivity contribution in [3.63, 3.8) is 0 Å². The Morgan fingerprint density at radius 2 is 1.20 bits per heavy atom. The zero-order chi connectivity index (χ0) is 10.7. The van der Waals surface area contributed by atoms with Gasteiger partial charge in [-0.15, -0.1) is 0 Å². The Bertz CT molecular complexity index is 168. The normalized spacial score (nSPS) is 34.6. The largest absolute Gasteiger partial charge is 0.0625 e. The molecule has 15 heavy (non-hydrogen) atoms. The van der Waals surface area contributed by atoms with Crippen LogP contribution in [0.1, 0.15) is 71.6 Å². The molecule has 0 aliphatic heterocycles. The maximum atomic E-state index is 2.41. The fourth-order valence-electron chi connectivity index (χ4n) is 3.89. The van der Waals surface area contributed by atoms with Gasteiger partial charge in [-0.05, 0) is 49.4 Å². The summed E-state index contributed by atoms with van der Waals surface area (Å²) in [6, 6.07) is 0. The van der Waals surface area contributed by atoms with Gasteiger partial charge in [-0.2, -0.15) is 0 Å². The third-order valence-corrected chi connectivity index (χ3v) is 5.08. The van der Waals surface area contributed by atoms with E-state index in [9.17, 15) is 0 Å². The van der Waals surface area contributed by atoms with Gasteiger partial charge in [0.15, 0.2) is 0 Å². The Balaban J connectivity index is 1.77. The van der Waals surface area contributed by atoms with E-state index in [1.807, 2.05) is 0 Å². The van der Waals surface area contributed by atoms with Crippen molar-refractivity contribution in [3.8, 4) is 0 Å². The van der Waals surface area contributed by atoms with Crippen LogP contribution in [0.25, 0.3) is 0 Å². The molecule has 0 unspecified atom stereocenters. The second-order valence-electron chi connectivity index (χ2n) is 6.32. The van der Waals surface area contributed by atoms with E-state index >= 15 is 0 Å². The van der Waals surface area contributed by atoms with E-state index in [1.165, 1.54) is 32.1 Å². The lowest BCUT2D eigenvalue weighted by atomic mass is 9.69. The van der Waals surface area contributed by atoms with E-state index in [1.54, 1.807) is 25.7 Å². The minimum Gasteiger partial charge on any atom is -0.0625 e. The minimum absolute atomic E-state index is 0.928. The molecule has 2 fully saturated rings. The topological polar surface area (TPSA) is 0 Å². The molecule has 0 heteroatoms. The van der Waals surface area contributed by atoms with Crippen molar-refractivity contribution in [3.05, 3.63) is 0 Å². The first-order chi connectivity index (χ1) is 7.27. The summed E-state index contributed by atoms with van der Waals surface area (Å²) in [5.74, 6) is 4.20. The molecular formula is C15H28. The van der Waals surface area contributed by atoms with Crippen LogP contribution in [0.3, 0.4) is 0 Å². The summed E-state index contributed by atoms with van der Waals surface area (Å²) in [7, 11) is 0. The van der Waals surface area contributed by atoms with Gasteiger partial charge >= 0.3 is 0 Å². The van der Waals surface area contributed by atoms with Crippen molar-refractivity contribution >= 4 is 0 Å². The SMILES string of the molecule is CC(C)[C@H]1CC[C@H](C2CCCCC2)CC1. The Kier molecular flexibility index (Phi) is 4.11. The van der Waals surface area contributed by atoms with E-state index in [-0.39, 0.29) is 0 Å².